The van der Waals surface area contributed by atoms with E-state index >= 15 is 0 Å². The molecule has 3 heteroatoms. The summed E-state index contributed by atoms with van der Waals surface area (Å²) in [4.78, 5) is 4.78. The van der Waals surface area contributed by atoms with E-state index in [0.717, 1.165) is 12.8 Å². The molecule has 0 bridgehead atoms. The number of hydrogen-bond acceptors (Lipinski definition) is 2. The lowest BCUT2D eigenvalue weighted by Crippen LogP contribution is -2.20. The van der Waals surface area contributed by atoms with Crippen LogP contribution in [0.4, 0.5) is 0 Å². The first-order valence-corrected chi connectivity index (χ1v) is 6.57. The Kier molecular flexibility index (Phi) is 2.72. The Morgan fingerprint density at radius 1 is 1.25 bits per heavy atom. The van der Waals surface area contributed by atoms with E-state index in [0.29, 0.717) is 5.92 Å². The predicted molar refractivity (Wildman–Crippen MR) is 62.5 cm³/mol. The van der Waals surface area contributed by atoms with Gasteiger partial charge in [0.2, 0.25) is 0 Å². The summed E-state index contributed by atoms with van der Waals surface area (Å²) in [6.45, 7) is 0.257. The van der Waals surface area contributed by atoms with E-state index in [1.807, 2.05) is 0 Å². The Morgan fingerprint density at radius 2 is 2.06 bits per heavy atom. The van der Waals surface area contributed by atoms with Crippen molar-refractivity contribution in [1.82, 2.24) is 9.55 Å². The number of aliphatic hydroxyl groups is 1. The fraction of sp³-hybridized carbons (Fsp3) is 0.769. The van der Waals surface area contributed by atoms with Crippen molar-refractivity contribution in [2.24, 2.45) is 0 Å². The third kappa shape index (κ3) is 1.67. The highest BCUT2D eigenvalue weighted by molar-refractivity contribution is 5.13. The summed E-state index contributed by atoms with van der Waals surface area (Å²) in [7, 11) is 0. The van der Waals surface area contributed by atoms with Crippen LogP contribution in [-0.4, -0.2) is 21.3 Å². The Morgan fingerprint density at radius 3 is 2.81 bits per heavy atom. The number of aryl methyl sites for hydroxylation is 1. The van der Waals surface area contributed by atoms with Crippen molar-refractivity contribution < 1.29 is 5.11 Å². The summed E-state index contributed by atoms with van der Waals surface area (Å²) in [5, 5.41) is 9.36. The van der Waals surface area contributed by atoms with Gasteiger partial charge in [-0.1, -0.05) is 12.8 Å². The molecule has 1 unspecified atom stereocenters. The van der Waals surface area contributed by atoms with Gasteiger partial charge in [-0.15, -0.1) is 0 Å². The Labute approximate surface area is 96.5 Å². The van der Waals surface area contributed by atoms with Gasteiger partial charge in [-0.2, -0.15) is 0 Å². The van der Waals surface area contributed by atoms with Crippen LogP contribution in [0.25, 0.3) is 0 Å². The van der Waals surface area contributed by atoms with Gasteiger partial charge < -0.3 is 9.67 Å². The Bertz CT molecular complexity index is 366. The SMILES string of the molecule is OCC1CCCc2nc(C3CCCC3)cn21. The van der Waals surface area contributed by atoms with Crippen molar-refractivity contribution in [2.45, 2.75) is 56.9 Å². The van der Waals surface area contributed by atoms with Crippen molar-refractivity contribution in [2.75, 3.05) is 6.61 Å². The molecule has 1 fully saturated rings. The van der Waals surface area contributed by atoms with E-state index in [4.69, 9.17) is 4.98 Å². The van der Waals surface area contributed by atoms with Crippen molar-refractivity contribution in [3.63, 3.8) is 0 Å². The van der Waals surface area contributed by atoms with Crippen molar-refractivity contribution in [1.29, 1.82) is 0 Å². The van der Waals surface area contributed by atoms with Crippen molar-refractivity contribution in [3.8, 4) is 0 Å². The third-order valence-electron chi connectivity index (χ3n) is 4.14. The van der Waals surface area contributed by atoms with Gasteiger partial charge in [0.05, 0.1) is 18.3 Å². The number of nitrogens with zero attached hydrogens (tertiary/aromatic N) is 2. The van der Waals surface area contributed by atoms with Gasteiger partial charge in [0.1, 0.15) is 5.82 Å². The quantitative estimate of drug-likeness (QED) is 0.831. The normalized spacial score (nSPS) is 25.9. The number of imidazole rings is 1. The Hall–Kier alpha value is -0.830. The highest BCUT2D eigenvalue weighted by Gasteiger charge is 2.25. The van der Waals surface area contributed by atoms with E-state index in [9.17, 15) is 5.11 Å². The molecule has 16 heavy (non-hydrogen) atoms. The van der Waals surface area contributed by atoms with Gasteiger partial charge in [-0.05, 0) is 25.7 Å². The standard InChI is InChI=1S/C13H20N2O/c16-9-11-6-3-7-13-14-12(8-15(11)13)10-4-1-2-5-10/h8,10-11,16H,1-7,9H2. The minimum absolute atomic E-state index is 0.257. The maximum absolute atomic E-state index is 9.36. The summed E-state index contributed by atoms with van der Waals surface area (Å²) >= 11 is 0. The smallest absolute Gasteiger partial charge is 0.109 e. The third-order valence-corrected chi connectivity index (χ3v) is 4.14. The highest BCUT2D eigenvalue weighted by atomic mass is 16.3. The van der Waals surface area contributed by atoms with E-state index in [1.165, 1.54) is 43.6 Å². The van der Waals surface area contributed by atoms with Crippen molar-refractivity contribution >= 4 is 0 Å². The molecule has 3 rings (SSSR count). The molecule has 0 aromatic carbocycles. The van der Waals surface area contributed by atoms with Crippen LogP contribution in [0, 0.1) is 0 Å². The van der Waals surface area contributed by atoms with Gasteiger partial charge >= 0.3 is 0 Å². The maximum Gasteiger partial charge on any atom is 0.109 e. The molecule has 1 aliphatic carbocycles. The van der Waals surface area contributed by atoms with Crippen LogP contribution in [0.1, 0.15) is 62.0 Å². The molecule has 0 radical (unpaired) electrons. The van der Waals surface area contributed by atoms with Gasteiger partial charge in [-0.25, -0.2) is 4.98 Å². The molecule has 1 aromatic heterocycles. The zero-order valence-corrected chi connectivity index (χ0v) is 9.73. The molecule has 2 aliphatic rings. The van der Waals surface area contributed by atoms with Crippen LogP contribution >= 0.6 is 0 Å². The molecule has 1 atom stereocenters. The maximum atomic E-state index is 9.36. The lowest BCUT2D eigenvalue weighted by molar-refractivity contribution is 0.206. The number of rotatable bonds is 2. The van der Waals surface area contributed by atoms with Crippen LogP contribution in [0.2, 0.25) is 0 Å². The average molecular weight is 220 g/mol. The molecule has 1 aromatic rings. The largest absolute Gasteiger partial charge is 0.394 e. The minimum Gasteiger partial charge on any atom is -0.394 e. The summed E-state index contributed by atoms with van der Waals surface area (Å²) < 4.78 is 2.23. The molecule has 88 valence electrons. The van der Waals surface area contributed by atoms with Crippen LogP contribution in [0.5, 0.6) is 0 Å². The molecule has 1 aliphatic heterocycles. The fourth-order valence-electron chi connectivity index (χ4n) is 3.19. The van der Waals surface area contributed by atoms with Crippen LogP contribution in [0.3, 0.4) is 0 Å². The van der Waals surface area contributed by atoms with Crippen molar-refractivity contribution in [3.05, 3.63) is 17.7 Å². The Balaban J connectivity index is 1.89. The van der Waals surface area contributed by atoms with E-state index in [2.05, 4.69) is 10.8 Å². The topological polar surface area (TPSA) is 38.1 Å². The van der Waals surface area contributed by atoms with Gasteiger partial charge in [0.15, 0.2) is 0 Å². The molecule has 1 saturated carbocycles. The highest BCUT2D eigenvalue weighted by Crippen LogP contribution is 2.35. The zero-order valence-electron chi connectivity index (χ0n) is 9.73. The van der Waals surface area contributed by atoms with Crippen LogP contribution in [0.15, 0.2) is 6.20 Å². The summed E-state index contributed by atoms with van der Waals surface area (Å²) in [5.41, 5.74) is 1.29. The zero-order chi connectivity index (χ0) is 11.0. The predicted octanol–water partition coefficient (Wildman–Crippen LogP) is 2.41. The molecule has 3 nitrogen and oxygen atoms in total. The first-order chi connectivity index (χ1) is 7.88. The van der Waals surface area contributed by atoms with Crippen LogP contribution < -0.4 is 0 Å². The minimum atomic E-state index is 0.257. The molecule has 0 saturated heterocycles. The van der Waals surface area contributed by atoms with E-state index in [1.54, 1.807) is 0 Å². The molecule has 1 N–H and O–H groups in total. The second kappa shape index (κ2) is 4.21. The molecule has 0 spiro atoms. The number of fused-ring (bicyclic) bond motifs is 1. The first kappa shape index (κ1) is 10.3. The summed E-state index contributed by atoms with van der Waals surface area (Å²) in [6, 6.07) is 0.284. The number of hydrogen-bond donors (Lipinski definition) is 1. The molecule has 0 amide bonds. The second-order valence-corrected chi connectivity index (χ2v) is 5.20. The number of aromatic nitrogens is 2. The van der Waals surface area contributed by atoms with Gasteiger partial charge in [0, 0.05) is 18.5 Å². The molecular formula is C13H20N2O. The summed E-state index contributed by atoms with van der Waals surface area (Å²) in [5.74, 6) is 1.89. The van der Waals surface area contributed by atoms with E-state index in [-0.39, 0.29) is 12.6 Å². The lowest BCUT2D eigenvalue weighted by atomic mass is 10.1. The van der Waals surface area contributed by atoms with Gasteiger partial charge in [-0.3, -0.25) is 0 Å². The molecular weight excluding hydrogens is 200 g/mol. The van der Waals surface area contributed by atoms with E-state index < -0.39 is 0 Å². The average Bonchev–Trinajstić information content (AvgIpc) is 2.96. The lowest BCUT2D eigenvalue weighted by Gasteiger charge is -2.22. The second-order valence-electron chi connectivity index (χ2n) is 5.20. The van der Waals surface area contributed by atoms with Gasteiger partial charge in [0.25, 0.3) is 0 Å². The fourth-order valence-corrected chi connectivity index (χ4v) is 3.19. The summed E-state index contributed by atoms with van der Waals surface area (Å²) in [6.07, 6.45) is 10.9. The monoisotopic (exact) mass is 220 g/mol. The first-order valence-electron chi connectivity index (χ1n) is 6.57. The number of aliphatic hydroxyl groups excluding tert-OH is 1. The molecule has 2 heterocycles. The van der Waals surface area contributed by atoms with Crippen LogP contribution in [-0.2, 0) is 6.42 Å².